The summed E-state index contributed by atoms with van der Waals surface area (Å²) in [5, 5.41) is 6.15. The minimum atomic E-state index is 0.125. The Hall–Kier alpha value is -0.570. The van der Waals surface area contributed by atoms with E-state index in [2.05, 4.69) is 38.3 Å². The van der Waals surface area contributed by atoms with E-state index in [1.807, 2.05) is 0 Å². The van der Waals surface area contributed by atoms with Crippen molar-refractivity contribution in [3.8, 4) is 0 Å². The highest BCUT2D eigenvalue weighted by Gasteiger charge is 2.00. The van der Waals surface area contributed by atoms with Crippen molar-refractivity contribution in [3.05, 3.63) is 0 Å². The van der Waals surface area contributed by atoms with Crippen molar-refractivity contribution in [2.45, 2.75) is 66.2 Å². The van der Waals surface area contributed by atoms with Gasteiger partial charge in [-0.15, -0.1) is 0 Å². The molecule has 0 aliphatic rings. The Balaban J connectivity index is 3.18. The van der Waals surface area contributed by atoms with E-state index in [1.54, 1.807) is 0 Å². The highest BCUT2D eigenvalue weighted by molar-refractivity contribution is 5.77. The Morgan fingerprint density at radius 3 is 2.11 bits per heavy atom. The average molecular weight is 270 g/mol. The Bertz CT molecular complexity index is 215. The van der Waals surface area contributed by atoms with Crippen LogP contribution in [0.15, 0.2) is 0 Å². The van der Waals surface area contributed by atoms with Crippen LogP contribution in [0.1, 0.15) is 66.2 Å². The zero-order chi connectivity index (χ0) is 14.5. The number of hydrogen-bond donors (Lipinski definition) is 2. The summed E-state index contributed by atoms with van der Waals surface area (Å²) in [4.78, 5) is 11.5. The lowest BCUT2D eigenvalue weighted by molar-refractivity contribution is -0.120. The molecule has 0 unspecified atom stereocenters. The molecule has 0 spiro atoms. The largest absolute Gasteiger partial charge is 0.355 e. The third-order valence-electron chi connectivity index (χ3n) is 3.21. The topological polar surface area (TPSA) is 41.1 Å². The molecule has 114 valence electrons. The van der Waals surface area contributed by atoms with Crippen molar-refractivity contribution < 1.29 is 4.79 Å². The fraction of sp³-hybridized carbons (Fsp3) is 0.938. The fourth-order valence-corrected chi connectivity index (χ4v) is 1.92. The van der Waals surface area contributed by atoms with Gasteiger partial charge >= 0.3 is 0 Å². The van der Waals surface area contributed by atoms with Crippen LogP contribution in [-0.4, -0.2) is 25.5 Å². The molecule has 0 fully saturated rings. The van der Waals surface area contributed by atoms with E-state index < -0.39 is 0 Å². The summed E-state index contributed by atoms with van der Waals surface area (Å²) in [7, 11) is 0. The van der Waals surface area contributed by atoms with Gasteiger partial charge in [-0.1, -0.05) is 53.4 Å². The van der Waals surface area contributed by atoms with Gasteiger partial charge in [-0.05, 0) is 31.2 Å². The second-order valence-electron chi connectivity index (χ2n) is 6.31. The second-order valence-corrected chi connectivity index (χ2v) is 6.31. The standard InChI is InChI=1S/C16H34N2O/c1-14(2)9-7-5-6-8-11-17-13-16(19)18-12-10-15(3)4/h14-15,17H,5-13H2,1-4H3,(H,18,19). The van der Waals surface area contributed by atoms with E-state index in [0.717, 1.165) is 25.4 Å². The lowest BCUT2D eigenvalue weighted by atomic mass is 10.0. The number of hydrogen-bond acceptors (Lipinski definition) is 2. The van der Waals surface area contributed by atoms with Crippen LogP contribution in [0, 0.1) is 11.8 Å². The third-order valence-corrected chi connectivity index (χ3v) is 3.21. The molecule has 0 aromatic carbocycles. The monoisotopic (exact) mass is 270 g/mol. The number of unbranched alkanes of at least 4 members (excludes halogenated alkanes) is 3. The first kappa shape index (κ1) is 18.4. The normalized spacial score (nSPS) is 11.3. The molecular weight excluding hydrogens is 236 g/mol. The smallest absolute Gasteiger partial charge is 0.233 e. The summed E-state index contributed by atoms with van der Waals surface area (Å²) in [6, 6.07) is 0. The first-order valence-corrected chi connectivity index (χ1v) is 7.99. The highest BCUT2D eigenvalue weighted by atomic mass is 16.1. The molecule has 0 saturated heterocycles. The zero-order valence-electron chi connectivity index (χ0n) is 13.4. The van der Waals surface area contributed by atoms with Gasteiger partial charge in [-0.2, -0.15) is 0 Å². The van der Waals surface area contributed by atoms with Crippen LogP contribution in [0.25, 0.3) is 0 Å². The SMILES string of the molecule is CC(C)CCCCCCNCC(=O)NCCC(C)C. The Kier molecular flexibility index (Phi) is 12.1. The molecule has 19 heavy (non-hydrogen) atoms. The molecule has 3 nitrogen and oxygen atoms in total. The molecule has 0 heterocycles. The van der Waals surface area contributed by atoms with Crippen molar-refractivity contribution in [1.82, 2.24) is 10.6 Å². The summed E-state index contributed by atoms with van der Waals surface area (Å²) in [5.41, 5.74) is 0. The molecule has 0 bridgehead atoms. The molecule has 0 rings (SSSR count). The van der Waals surface area contributed by atoms with Crippen molar-refractivity contribution >= 4 is 5.91 Å². The van der Waals surface area contributed by atoms with E-state index in [9.17, 15) is 4.79 Å². The van der Waals surface area contributed by atoms with Gasteiger partial charge in [0.2, 0.25) is 5.91 Å². The van der Waals surface area contributed by atoms with Crippen LogP contribution in [-0.2, 0) is 4.79 Å². The Morgan fingerprint density at radius 1 is 0.842 bits per heavy atom. The van der Waals surface area contributed by atoms with Gasteiger partial charge in [-0.3, -0.25) is 4.79 Å². The molecule has 0 aromatic heterocycles. The Morgan fingerprint density at radius 2 is 1.47 bits per heavy atom. The fourth-order valence-electron chi connectivity index (χ4n) is 1.92. The van der Waals surface area contributed by atoms with E-state index in [-0.39, 0.29) is 5.91 Å². The maximum Gasteiger partial charge on any atom is 0.233 e. The van der Waals surface area contributed by atoms with Crippen LogP contribution in [0.4, 0.5) is 0 Å². The minimum absolute atomic E-state index is 0.125. The molecule has 2 N–H and O–H groups in total. The third kappa shape index (κ3) is 15.4. The average Bonchev–Trinajstić information content (AvgIpc) is 2.31. The molecular formula is C16H34N2O. The summed E-state index contributed by atoms with van der Waals surface area (Å²) in [6.45, 7) is 11.1. The molecule has 0 aromatic rings. The van der Waals surface area contributed by atoms with Crippen LogP contribution in [0.2, 0.25) is 0 Å². The van der Waals surface area contributed by atoms with Gasteiger partial charge in [0.05, 0.1) is 6.54 Å². The maximum atomic E-state index is 11.5. The van der Waals surface area contributed by atoms with Crippen LogP contribution >= 0.6 is 0 Å². The van der Waals surface area contributed by atoms with Crippen LogP contribution < -0.4 is 10.6 Å². The maximum absolute atomic E-state index is 11.5. The Labute approximate surface area is 119 Å². The summed E-state index contributed by atoms with van der Waals surface area (Å²) >= 11 is 0. The predicted molar refractivity (Wildman–Crippen MR) is 83.3 cm³/mol. The molecule has 0 atom stereocenters. The number of nitrogens with one attached hydrogen (secondary N) is 2. The van der Waals surface area contributed by atoms with Crippen LogP contribution in [0.5, 0.6) is 0 Å². The van der Waals surface area contributed by atoms with Gasteiger partial charge in [0.15, 0.2) is 0 Å². The summed E-state index contributed by atoms with van der Waals surface area (Å²) < 4.78 is 0. The van der Waals surface area contributed by atoms with Crippen molar-refractivity contribution in [2.24, 2.45) is 11.8 Å². The number of rotatable bonds is 12. The van der Waals surface area contributed by atoms with Gasteiger partial charge in [0, 0.05) is 6.54 Å². The van der Waals surface area contributed by atoms with E-state index in [1.165, 1.54) is 32.1 Å². The van der Waals surface area contributed by atoms with Crippen molar-refractivity contribution in [3.63, 3.8) is 0 Å². The first-order valence-electron chi connectivity index (χ1n) is 7.99. The first-order chi connectivity index (χ1) is 9.02. The quantitative estimate of drug-likeness (QED) is 0.534. The minimum Gasteiger partial charge on any atom is -0.355 e. The van der Waals surface area contributed by atoms with Crippen molar-refractivity contribution in [2.75, 3.05) is 19.6 Å². The molecule has 1 amide bonds. The highest BCUT2D eigenvalue weighted by Crippen LogP contribution is 2.08. The second kappa shape index (κ2) is 12.5. The lowest BCUT2D eigenvalue weighted by Gasteiger charge is -2.08. The molecule has 0 aliphatic heterocycles. The van der Waals surface area contributed by atoms with Gasteiger partial charge in [0.1, 0.15) is 0 Å². The number of carbonyl (C=O) groups is 1. The summed E-state index contributed by atoms with van der Waals surface area (Å²) in [6.07, 6.45) is 7.51. The van der Waals surface area contributed by atoms with Gasteiger partial charge in [-0.25, -0.2) is 0 Å². The lowest BCUT2D eigenvalue weighted by Crippen LogP contribution is -2.35. The number of carbonyl (C=O) groups excluding carboxylic acids is 1. The van der Waals surface area contributed by atoms with E-state index >= 15 is 0 Å². The molecule has 3 heteroatoms. The van der Waals surface area contributed by atoms with Crippen molar-refractivity contribution in [1.29, 1.82) is 0 Å². The molecule has 0 aliphatic carbocycles. The predicted octanol–water partition coefficient (Wildman–Crippen LogP) is 3.34. The number of amides is 1. The van der Waals surface area contributed by atoms with Gasteiger partial charge in [0.25, 0.3) is 0 Å². The van der Waals surface area contributed by atoms with E-state index in [4.69, 9.17) is 0 Å². The van der Waals surface area contributed by atoms with E-state index in [0.29, 0.717) is 12.5 Å². The van der Waals surface area contributed by atoms with Crippen LogP contribution in [0.3, 0.4) is 0 Å². The molecule has 0 radical (unpaired) electrons. The summed E-state index contributed by atoms with van der Waals surface area (Å²) in [5.74, 6) is 1.60. The molecule has 0 saturated carbocycles. The van der Waals surface area contributed by atoms with Gasteiger partial charge < -0.3 is 10.6 Å². The zero-order valence-corrected chi connectivity index (χ0v) is 13.4.